The third-order valence-electron chi connectivity index (χ3n) is 4.19. The fourth-order valence-corrected chi connectivity index (χ4v) is 3.95. The Morgan fingerprint density at radius 2 is 2.25 bits per heavy atom. The Balaban J connectivity index is 1.78. The molecule has 2 heterocycles. The molecule has 2 aromatic heterocycles. The van der Waals surface area contributed by atoms with Gasteiger partial charge in [-0.25, -0.2) is 4.98 Å². The van der Waals surface area contributed by atoms with Gasteiger partial charge in [-0.3, -0.25) is 4.79 Å². The molecule has 1 saturated carbocycles. The predicted octanol–water partition coefficient (Wildman–Crippen LogP) is 2.77. The molecule has 1 fully saturated rings. The third kappa shape index (κ3) is 2.50. The van der Waals surface area contributed by atoms with Crippen molar-refractivity contribution in [2.75, 3.05) is 11.9 Å². The summed E-state index contributed by atoms with van der Waals surface area (Å²) in [5.41, 5.74) is 0.191. The molecule has 1 N–H and O–H groups in total. The zero-order valence-corrected chi connectivity index (χ0v) is 12.4. The zero-order chi connectivity index (χ0) is 14.0. The largest absolute Gasteiger partial charge is 0.369 e. The third-order valence-corrected chi connectivity index (χ3v) is 5.31. The first-order valence-corrected chi connectivity index (χ1v) is 7.88. The van der Waals surface area contributed by atoms with Crippen LogP contribution in [-0.4, -0.2) is 16.1 Å². The van der Waals surface area contributed by atoms with E-state index in [1.54, 1.807) is 19.4 Å². The molecule has 0 atom stereocenters. The molecule has 1 aliphatic rings. The van der Waals surface area contributed by atoms with E-state index in [4.69, 9.17) is 0 Å². The SMILES string of the molecule is Cn1cnc(NCC2(c3cccs3)CCCC2)cc1=O. The second-order valence-corrected chi connectivity index (χ2v) is 6.49. The predicted molar refractivity (Wildman–Crippen MR) is 82.4 cm³/mol. The first-order chi connectivity index (χ1) is 9.70. The van der Waals surface area contributed by atoms with Crippen LogP contribution in [0.4, 0.5) is 5.82 Å². The minimum absolute atomic E-state index is 0.0286. The molecule has 0 spiro atoms. The van der Waals surface area contributed by atoms with Crippen LogP contribution in [0.2, 0.25) is 0 Å². The highest BCUT2D eigenvalue weighted by Crippen LogP contribution is 2.43. The number of rotatable bonds is 4. The maximum atomic E-state index is 11.6. The number of nitrogens with one attached hydrogen (secondary N) is 1. The Morgan fingerprint density at radius 3 is 2.90 bits per heavy atom. The average molecular weight is 289 g/mol. The molecule has 0 aliphatic heterocycles. The van der Waals surface area contributed by atoms with E-state index in [1.807, 2.05) is 11.3 Å². The van der Waals surface area contributed by atoms with E-state index in [0.717, 1.165) is 6.54 Å². The minimum Gasteiger partial charge on any atom is -0.369 e. The van der Waals surface area contributed by atoms with Gasteiger partial charge < -0.3 is 9.88 Å². The lowest BCUT2D eigenvalue weighted by Gasteiger charge is -2.28. The lowest BCUT2D eigenvalue weighted by atomic mass is 9.84. The summed E-state index contributed by atoms with van der Waals surface area (Å²) < 4.78 is 1.48. The Kier molecular flexibility index (Phi) is 3.61. The average Bonchev–Trinajstić information content (AvgIpc) is 3.11. The smallest absolute Gasteiger partial charge is 0.255 e. The van der Waals surface area contributed by atoms with Crippen molar-refractivity contribution in [3.63, 3.8) is 0 Å². The molecule has 0 saturated heterocycles. The second-order valence-electron chi connectivity index (χ2n) is 5.54. The summed E-state index contributed by atoms with van der Waals surface area (Å²) in [6.07, 6.45) is 6.56. The number of aryl methyl sites for hydroxylation is 1. The van der Waals surface area contributed by atoms with Crippen molar-refractivity contribution in [1.82, 2.24) is 9.55 Å². The normalized spacial score (nSPS) is 17.2. The van der Waals surface area contributed by atoms with Gasteiger partial charge in [-0.1, -0.05) is 18.9 Å². The molecule has 5 heteroatoms. The maximum absolute atomic E-state index is 11.6. The van der Waals surface area contributed by atoms with Crippen LogP contribution in [0, 0.1) is 0 Å². The second kappa shape index (κ2) is 5.40. The number of nitrogens with zero attached hydrogens (tertiary/aromatic N) is 2. The number of aromatic nitrogens is 2. The highest BCUT2D eigenvalue weighted by Gasteiger charge is 2.36. The van der Waals surface area contributed by atoms with Crippen LogP contribution in [0.25, 0.3) is 0 Å². The van der Waals surface area contributed by atoms with Gasteiger partial charge in [0, 0.05) is 30.0 Å². The molecule has 0 amide bonds. The van der Waals surface area contributed by atoms with Crippen LogP contribution >= 0.6 is 11.3 Å². The fourth-order valence-electron chi connectivity index (χ4n) is 2.96. The van der Waals surface area contributed by atoms with Crippen molar-refractivity contribution >= 4 is 17.2 Å². The molecule has 0 bridgehead atoms. The van der Waals surface area contributed by atoms with Crippen LogP contribution in [-0.2, 0) is 12.5 Å². The number of hydrogen-bond donors (Lipinski definition) is 1. The van der Waals surface area contributed by atoms with Gasteiger partial charge in [0.15, 0.2) is 0 Å². The van der Waals surface area contributed by atoms with Gasteiger partial charge in [0.2, 0.25) is 0 Å². The molecule has 0 aromatic carbocycles. The van der Waals surface area contributed by atoms with E-state index >= 15 is 0 Å². The molecule has 1 aliphatic carbocycles. The lowest BCUT2D eigenvalue weighted by Crippen LogP contribution is -2.31. The first kappa shape index (κ1) is 13.4. The van der Waals surface area contributed by atoms with Crippen LogP contribution in [0.1, 0.15) is 30.6 Å². The van der Waals surface area contributed by atoms with Crippen LogP contribution in [0.3, 0.4) is 0 Å². The highest BCUT2D eigenvalue weighted by atomic mass is 32.1. The van der Waals surface area contributed by atoms with Gasteiger partial charge in [-0.15, -0.1) is 11.3 Å². The van der Waals surface area contributed by atoms with Gasteiger partial charge >= 0.3 is 0 Å². The lowest BCUT2D eigenvalue weighted by molar-refractivity contribution is 0.476. The number of anilines is 1. The number of hydrogen-bond acceptors (Lipinski definition) is 4. The van der Waals surface area contributed by atoms with Gasteiger partial charge in [-0.05, 0) is 24.3 Å². The molecule has 20 heavy (non-hydrogen) atoms. The summed E-state index contributed by atoms with van der Waals surface area (Å²) in [6, 6.07) is 5.92. The van der Waals surface area contributed by atoms with Crippen molar-refractivity contribution in [2.24, 2.45) is 7.05 Å². The van der Waals surface area contributed by atoms with E-state index < -0.39 is 0 Å². The summed E-state index contributed by atoms with van der Waals surface area (Å²) in [6.45, 7) is 0.855. The van der Waals surface area contributed by atoms with E-state index in [1.165, 1.54) is 35.1 Å². The van der Waals surface area contributed by atoms with Crippen molar-refractivity contribution in [3.8, 4) is 0 Å². The standard InChI is InChI=1S/C15H19N3OS/c1-18-11-17-13(9-14(18)19)16-10-15(6-2-3-7-15)12-5-4-8-20-12/h4-5,8-9,11,16H,2-3,6-7,10H2,1H3. The molecule has 4 nitrogen and oxygen atoms in total. The summed E-state index contributed by atoms with van der Waals surface area (Å²) in [5.74, 6) is 0.677. The van der Waals surface area contributed by atoms with Crippen LogP contribution in [0.5, 0.6) is 0 Å². The molecular formula is C15H19N3OS. The number of thiophene rings is 1. The van der Waals surface area contributed by atoms with Gasteiger partial charge in [0.1, 0.15) is 5.82 Å². The molecular weight excluding hydrogens is 270 g/mol. The molecule has 3 rings (SSSR count). The Hall–Kier alpha value is -1.62. The Bertz CT molecular complexity index is 627. The summed E-state index contributed by atoms with van der Waals surface area (Å²) in [5, 5.41) is 5.51. The van der Waals surface area contributed by atoms with Gasteiger partial charge in [0.25, 0.3) is 5.56 Å². The Morgan fingerprint density at radius 1 is 1.45 bits per heavy atom. The van der Waals surface area contributed by atoms with E-state index in [2.05, 4.69) is 27.8 Å². The van der Waals surface area contributed by atoms with E-state index in [9.17, 15) is 4.79 Å². The van der Waals surface area contributed by atoms with Crippen LogP contribution in [0.15, 0.2) is 34.7 Å². The highest BCUT2D eigenvalue weighted by molar-refractivity contribution is 7.10. The minimum atomic E-state index is -0.0286. The van der Waals surface area contributed by atoms with Crippen molar-refractivity contribution in [2.45, 2.75) is 31.1 Å². The summed E-state index contributed by atoms with van der Waals surface area (Å²) >= 11 is 1.83. The molecule has 2 aromatic rings. The summed E-state index contributed by atoms with van der Waals surface area (Å²) in [7, 11) is 1.71. The van der Waals surface area contributed by atoms with Crippen molar-refractivity contribution in [3.05, 3.63) is 45.1 Å². The van der Waals surface area contributed by atoms with Gasteiger partial charge in [-0.2, -0.15) is 0 Å². The Labute approximate surface area is 122 Å². The monoisotopic (exact) mass is 289 g/mol. The summed E-state index contributed by atoms with van der Waals surface area (Å²) in [4.78, 5) is 17.3. The maximum Gasteiger partial charge on any atom is 0.255 e. The van der Waals surface area contributed by atoms with Crippen molar-refractivity contribution < 1.29 is 0 Å². The van der Waals surface area contributed by atoms with Crippen molar-refractivity contribution in [1.29, 1.82) is 0 Å². The van der Waals surface area contributed by atoms with Gasteiger partial charge in [0.05, 0.1) is 6.33 Å². The quantitative estimate of drug-likeness (QED) is 0.941. The zero-order valence-electron chi connectivity index (χ0n) is 11.6. The van der Waals surface area contributed by atoms with Crippen LogP contribution < -0.4 is 10.9 Å². The molecule has 0 radical (unpaired) electrons. The first-order valence-electron chi connectivity index (χ1n) is 7.00. The topological polar surface area (TPSA) is 46.9 Å². The molecule has 106 valence electrons. The van der Waals surface area contributed by atoms with E-state index in [0.29, 0.717) is 5.82 Å². The molecule has 0 unspecified atom stereocenters. The fraction of sp³-hybridized carbons (Fsp3) is 0.467. The van der Waals surface area contributed by atoms with E-state index in [-0.39, 0.29) is 11.0 Å².